The molecule has 1 saturated heterocycles. The van der Waals surface area contributed by atoms with Crippen LogP contribution in [0.5, 0.6) is 11.5 Å². The summed E-state index contributed by atoms with van der Waals surface area (Å²) in [6, 6.07) is 16.8. The summed E-state index contributed by atoms with van der Waals surface area (Å²) in [4.78, 5) is 31.9. The Kier molecular flexibility index (Phi) is 6.92. The van der Waals surface area contributed by atoms with Crippen LogP contribution in [0.1, 0.15) is 36.1 Å². The molecule has 7 nitrogen and oxygen atoms in total. The largest absolute Gasteiger partial charge is 0.507 e. The van der Waals surface area contributed by atoms with Crippen LogP contribution < -0.4 is 9.47 Å². The molecule has 1 aliphatic rings. The monoisotopic (exact) mass is 458 g/mol. The molecule has 1 aliphatic heterocycles. The zero-order valence-electron chi connectivity index (χ0n) is 19.1. The van der Waals surface area contributed by atoms with Crippen molar-refractivity contribution in [1.29, 1.82) is 0 Å². The van der Waals surface area contributed by atoms with Crippen LogP contribution in [0.3, 0.4) is 0 Å². The number of carbonyl (C=O) groups is 2. The molecular weight excluding hydrogens is 432 g/mol. The number of Topliss-reactive ketones (excluding diaryl/α,β-unsaturated/α-hetero) is 1. The van der Waals surface area contributed by atoms with Crippen LogP contribution in [0.15, 0.2) is 78.6 Å². The van der Waals surface area contributed by atoms with E-state index in [0.717, 1.165) is 12.0 Å². The Morgan fingerprint density at radius 2 is 1.76 bits per heavy atom. The highest BCUT2D eigenvalue weighted by Crippen LogP contribution is 2.41. The summed E-state index contributed by atoms with van der Waals surface area (Å²) < 4.78 is 11.0. The highest BCUT2D eigenvalue weighted by Gasteiger charge is 2.46. The van der Waals surface area contributed by atoms with Gasteiger partial charge in [-0.1, -0.05) is 31.2 Å². The number of ether oxygens (including phenoxy) is 2. The number of amides is 1. The maximum absolute atomic E-state index is 13.2. The van der Waals surface area contributed by atoms with E-state index in [-0.39, 0.29) is 17.9 Å². The summed E-state index contributed by atoms with van der Waals surface area (Å²) in [5.74, 6) is -0.494. The Morgan fingerprint density at radius 1 is 1.03 bits per heavy atom. The van der Waals surface area contributed by atoms with Gasteiger partial charge in [-0.2, -0.15) is 0 Å². The normalized spacial score (nSPS) is 17.1. The zero-order valence-corrected chi connectivity index (χ0v) is 19.1. The number of nitrogens with zero attached hydrogens (tertiary/aromatic N) is 2. The number of rotatable bonds is 8. The van der Waals surface area contributed by atoms with E-state index >= 15 is 0 Å². The number of benzene rings is 2. The first kappa shape index (κ1) is 23.0. The number of likely N-dealkylation sites (tertiary alicyclic amines) is 1. The molecule has 1 fully saturated rings. The molecule has 34 heavy (non-hydrogen) atoms. The molecule has 1 amide bonds. The van der Waals surface area contributed by atoms with E-state index in [1.807, 2.05) is 13.0 Å². The minimum Gasteiger partial charge on any atom is -0.507 e. The number of aliphatic hydroxyl groups excluding tert-OH is 1. The van der Waals surface area contributed by atoms with Gasteiger partial charge in [-0.25, -0.2) is 0 Å². The number of aromatic nitrogens is 1. The average molecular weight is 459 g/mol. The predicted octanol–water partition coefficient (Wildman–Crippen LogP) is 4.50. The van der Waals surface area contributed by atoms with Gasteiger partial charge in [0, 0.05) is 24.5 Å². The van der Waals surface area contributed by atoms with Crippen LogP contribution in [0.25, 0.3) is 5.76 Å². The number of pyridine rings is 1. The molecule has 0 spiro atoms. The van der Waals surface area contributed by atoms with Crippen LogP contribution in [0.2, 0.25) is 0 Å². The van der Waals surface area contributed by atoms with Gasteiger partial charge in [-0.3, -0.25) is 14.6 Å². The molecule has 1 unspecified atom stereocenters. The van der Waals surface area contributed by atoms with Crippen LogP contribution in [-0.2, 0) is 16.1 Å². The first-order valence-corrected chi connectivity index (χ1v) is 11.1. The van der Waals surface area contributed by atoms with Gasteiger partial charge in [0.2, 0.25) is 0 Å². The lowest BCUT2D eigenvalue weighted by molar-refractivity contribution is -0.140. The third kappa shape index (κ3) is 4.64. The molecule has 0 aliphatic carbocycles. The molecule has 174 valence electrons. The van der Waals surface area contributed by atoms with E-state index in [9.17, 15) is 14.7 Å². The SMILES string of the molecule is CCCOc1cccc(C(O)=C2C(=O)C(=O)N(Cc3ccncc3)C2c2cccc(OC)c2)c1. The van der Waals surface area contributed by atoms with Crippen molar-refractivity contribution in [2.24, 2.45) is 0 Å². The van der Waals surface area contributed by atoms with E-state index < -0.39 is 17.7 Å². The lowest BCUT2D eigenvalue weighted by atomic mass is 9.95. The summed E-state index contributed by atoms with van der Waals surface area (Å²) in [6.45, 7) is 2.72. The van der Waals surface area contributed by atoms with Crippen LogP contribution >= 0.6 is 0 Å². The number of ketones is 1. The lowest BCUT2D eigenvalue weighted by Crippen LogP contribution is -2.29. The second kappa shape index (κ2) is 10.2. The van der Waals surface area contributed by atoms with Crippen LogP contribution in [-0.4, -0.2) is 40.4 Å². The summed E-state index contributed by atoms with van der Waals surface area (Å²) in [5, 5.41) is 11.3. The Hall–Kier alpha value is -4.13. The zero-order chi connectivity index (χ0) is 24.1. The molecule has 2 aromatic carbocycles. The topological polar surface area (TPSA) is 89.0 Å². The van der Waals surface area contributed by atoms with E-state index in [0.29, 0.717) is 29.2 Å². The highest BCUT2D eigenvalue weighted by molar-refractivity contribution is 6.46. The first-order valence-electron chi connectivity index (χ1n) is 11.1. The Morgan fingerprint density at radius 3 is 2.50 bits per heavy atom. The van der Waals surface area contributed by atoms with Gasteiger partial charge in [-0.05, 0) is 53.9 Å². The van der Waals surface area contributed by atoms with Crippen molar-refractivity contribution in [1.82, 2.24) is 9.88 Å². The predicted molar refractivity (Wildman–Crippen MR) is 127 cm³/mol. The fraction of sp³-hybridized carbons (Fsp3) is 0.222. The minimum atomic E-state index is -0.788. The standard InChI is InChI=1S/C27H26N2O5/c1-3-14-34-22-9-5-7-20(16-22)25(30)23-24(19-6-4-8-21(15-19)33-2)29(27(32)26(23)31)17-18-10-12-28-13-11-18/h4-13,15-16,24,30H,3,14,17H2,1-2H3. The molecule has 2 heterocycles. The van der Waals surface area contributed by atoms with E-state index in [1.165, 1.54) is 4.90 Å². The Labute approximate surface area is 198 Å². The van der Waals surface area contributed by atoms with Crippen LogP contribution in [0, 0.1) is 0 Å². The molecular formula is C27H26N2O5. The van der Waals surface area contributed by atoms with Gasteiger partial charge < -0.3 is 19.5 Å². The molecule has 4 rings (SSSR count). The van der Waals surface area contributed by atoms with E-state index in [4.69, 9.17) is 9.47 Å². The van der Waals surface area contributed by atoms with E-state index in [1.54, 1.807) is 74.1 Å². The number of hydrogen-bond acceptors (Lipinski definition) is 6. The minimum absolute atomic E-state index is 0.0277. The van der Waals surface area contributed by atoms with Gasteiger partial charge in [0.25, 0.3) is 11.7 Å². The molecule has 7 heteroatoms. The summed E-state index contributed by atoms with van der Waals surface area (Å²) >= 11 is 0. The second-order valence-electron chi connectivity index (χ2n) is 7.94. The smallest absolute Gasteiger partial charge is 0.295 e. The number of aliphatic hydroxyl groups is 1. The van der Waals surface area contributed by atoms with Crippen molar-refractivity contribution in [2.45, 2.75) is 25.9 Å². The number of hydrogen-bond donors (Lipinski definition) is 1. The van der Waals surface area contributed by atoms with Crippen molar-refractivity contribution in [3.05, 3.63) is 95.3 Å². The van der Waals surface area contributed by atoms with Gasteiger partial charge in [-0.15, -0.1) is 0 Å². The molecule has 1 aromatic heterocycles. The molecule has 0 saturated carbocycles. The second-order valence-corrected chi connectivity index (χ2v) is 7.94. The lowest BCUT2D eigenvalue weighted by Gasteiger charge is -2.25. The summed E-state index contributed by atoms with van der Waals surface area (Å²) in [6.07, 6.45) is 4.11. The van der Waals surface area contributed by atoms with Crippen molar-refractivity contribution >= 4 is 17.4 Å². The molecule has 3 aromatic rings. The van der Waals surface area contributed by atoms with Gasteiger partial charge in [0.15, 0.2) is 0 Å². The highest BCUT2D eigenvalue weighted by atomic mass is 16.5. The number of carbonyl (C=O) groups excluding carboxylic acids is 2. The van der Waals surface area contributed by atoms with Gasteiger partial charge in [0.05, 0.1) is 25.3 Å². The van der Waals surface area contributed by atoms with Crippen molar-refractivity contribution < 1.29 is 24.2 Å². The third-order valence-electron chi connectivity index (χ3n) is 5.63. The number of methoxy groups -OCH3 is 1. The Bertz CT molecular complexity index is 1220. The maximum Gasteiger partial charge on any atom is 0.295 e. The maximum atomic E-state index is 13.2. The quantitative estimate of drug-likeness (QED) is 0.304. The molecule has 0 bridgehead atoms. The fourth-order valence-corrected chi connectivity index (χ4v) is 3.99. The summed E-state index contributed by atoms with van der Waals surface area (Å²) in [7, 11) is 1.55. The van der Waals surface area contributed by atoms with Gasteiger partial charge >= 0.3 is 0 Å². The van der Waals surface area contributed by atoms with E-state index in [2.05, 4.69) is 4.98 Å². The van der Waals surface area contributed by atoms with Crippen molar-refractivity contribution in [3.8, 4) is 11.5 Å². The average Bonchev–Trinajstić information content (AvgIpc) is 3.12. The molecule has 0 radical (unpaired) electrons. The van der Waals surface area contributed by atoms with Crippen molar-refractivity contribution in [3.63, 3.8) is 0 Å². The molecule has 1 atom stereocenters. The fourth-order valence-electron chi connectivity index (χ4n) is 3.99. The van der Waals surface area contributed by atoms with Crippen molar-refractivity contribution in [2.75, 3.05) is 13.7 Å². The van der Waals surface area contributed by atoms with Crippen LogP contribution in [0.4, 0.5) is 0 Å². The first-order chi connectivity index (χ1) is 16.5. The summed E-state index contributed by atoms with van der Waals surface area (Å²) in [5.41, 5.74) is 1.91. The molecule has 1 N–H and O–H groups in total. The Balaban J connectivity index is 1.83. The third-order valence-corrected chi connectivity index (χ3v) is 5.63. The van der Waals surface area contributed by atoms with Gasteiger partial charge in [0.1, 0.15) is 17.3 Å².